The number of rotatable bonds is 5. The molecule has 0 aromatic heterocycles. The average Bonchev–Trinajstić information content (AvgIpc) is 2.64. The summed E-state index contributed by atoms with van der Waals surface area (Å²) >= 11 is 0. The molecule has 0 aromatic carbocycles. The van der Waals surface area contributed by atoms with Crippen LogP contribution in [0.15, 0.2) is 0 Å². The van der Waals surface area contributed by atoms with Crippen LogP contribution in [-0.2, 0) is 9.47 Å². The molecule has 0 aromatic rings. The Labute approximate surface area is 177 Å². The van der Waals surface area contributed by atoms with Gasteiger partial charge in [0.1, 0.15) is 12.7 Å². The Morgan fingerprint density at radius 1 is 0.931 bits per heavy atom. The minimum Gasteiger partial charge on any atom is -0.432 e. The minimum absolute atomic E-state index is 0.00739. The van der Waals surface area contributed by atoms with E-state index in [9.17, 15) is 15.0 Å². The summed E-state index contributed by atoms with van der Waals surface area (Å²) in [5.74, 6) is 2.56. The molecule has 7 atom stereocenters. The van der Waals surface area contributed by atoms with E-state index in [1.165, 1.54) is 6.42 Å². The Morgan fingerprint density at radius 2 is 1.52 bits per heavy atom. The van der Waals surface area contributed by atoms with Crippen molar-refractivity contribution in [2.24, 2.45) is 35.5 Å². The number of ether oxygens (including phenoxy) is 2. The van der Waals surface area contributed by atoms with Gasteiger partial charge in [-0.25, -0.2) is 4.79 Å². The number of hydrogen-bond donors (Lipinski definition) is 3. The second-order valence-electron chi connectivity index (χ2n) is 9.75. The SMILES string of the molecule is CC(C)C1CCC(C)C(O)C1O.CC1CCC(C(C)C)C(OC(=O)OCCO)C1. The van der Waals surface area contributed by atoms with Gasteiger partial charge in [-0.1, -0.05) is 48.0 Å². The molecule has 0 amide bonds. The molecule has 6 nitrogen and oxygen atoms in total. The molecule has 0 radical (unpaired) electrons. The van der Waals surface area contributed by atoms with Gasteiger partial charge in [0.15, 0.2) is 0 Å². The molecule has 2 aliphatic rings. The fourth-order valence-corrected chi connectivity index (χ4v) is 4.65. The minimum atomic E-state index is -0.649. The van der Waals surface area contributed by atoms with Crippen molar-refractivity contribution in [2.45, 2.75) is 92.0 Å². The van der Waals surface area contributed by atoms with E-state index in [1.807, 2.05) is 6.92 Å². The van der Waals surface area contributed by atoms with Crippen molar-refractivity contribution < 1.29 is 29.6 Å². The normalized spacial score (nSPS) is 35.1. The molecule has 2 rings (SSSR count). The van der Waals surface area contributed by atoms with Crippen LogP contribution in [0, 0.1) is 35.5 Å². The first-order valence-electron chi connectivity index (χ1n) is 11.4. The third-order valence-corrected chi connectivity index (χ3v) is 6.70. The molecule has 0 heterocycles. The largest absolute Gasteiger partial charge is 0.508 e. The van der Waals surface area contributed by atoms with E-state index in [-0.39, 0.29) is 31.2 Å². The molecule has 172 valence electrons. The highest BCUT2D eigenvalue weighted by molar-refractivity contribution is 5.60. The van der Waals surface area contributed by atoms with Gasteiger partial charge in [0.2, 0.25) is 0 Å². The molecular formula is C23H44O6. The molecule has 0 aliphatic heterocycles. The van der Waals surface area contributed by atoms with Gasteiger partial charge in [-0.15, -0.1) is 0 Å². The zero-order valence-electron chi connectivity index (χ0n) is 19.2. The number of aliphatic hydroxyl groups is 3. The predicted molar refractivity (Wildman–Crippen MR) is 113 cm³/mol. The van der Waals surface area contributed by atoms with E-state index < -0.39 is 18.4 Å². The van der Waals surface area contributed by atoms with Crippen LogP contribution >= 0.6 is 0 Å². The van der Waals surface area contributed by atoms with Gasteiger partial charge in [-0.3, -0.25) is 0 Å². The first-order valence-corrected chi connectivity index (χ1v) is 11.4. The monoisotopic (exact) mass is 416 g/mol. The maximum Gasteiger partial charge on any atom is 0.508 e. The summed E-state index contributed by atoms with van der Waals surface area (Å²) < 4.78 is 10.1. The number of carbonyl (C=O) groups is 1. The zero-order chi connectivity index (χ0) is 22.1. The first-order chi connectivity index (χ1) is 13.6. The van der Waals surface area contributed by atoms with Gasteiger partial charge in [0, 0.05) is 0 Å². The molecule has 0 saturated heterocycles. The van der Waals surface area contributed by atoms with Gasteiger partial charge in [0.25, 0.3) is 0 Å². The summed E-state index contributed by atoms with van der Waals surface area (Å²) in [5.41, 5.74) is 0. The molecule has 7 unspecified atom stereocenters. The number of hydrogen-bond acceptors (Lipinski definition) is 6. The second-order valence-corrected chi connectivity index (χ2v) is 9.75. The number of carbonyl (C=O) groups excluding carboxylic acids is 1. The summed E-state index contributed by atoms with van der Waals surface area (Å²) in [5, 5.41) is 27.9. The van der Waals surface area contributed by atoms with E-state index in [0.29, 0.717) is 23.7 Å². The van der Waals surface area contributed by atoms with E-state index in [4.69, 9.17) is 14.6 Å². The summed E-state index contributed by atoms with van der Waals surface area (Å²) in [6.45, 7) is 12.6. The van der Waals surface area contributed by atoms with Crippen molar-refractivity contribution in [3.8, 4) is 0 Å². The van der Waals surface area contributed by atoms with Crippen molar-refractivity contribution in [3.05, 3.63) is 0 Å². The van der Waals surface area contributed by atoms with Gasteiger partial charge < -0.3 is 24.8 Å². The highest BCUT2D eigenvalue weighted by Gasteiger charge is 2.36. The Kier molecular flexibility index (Phi) is 11.5. The molecular weight excluding hydrogens is 372 g/mol. The van der Waals surface area contributed by atoms with Crippen LogP contribution in [0.25, 0.3) is 0 Å². The lowest BCUT2D eigenvalue weighted by Crippen LogP contribution is -2.44. The smallest absolute Gasteiger partial charge is 0.432 e. The Hall–Kier alpha value is -0.850. The quantitative estimate of drug-likeness (QED) is 0.586. The summed E-state index contributed by atoms with van der Waals surface area (Å²) in [4.78, 5) is 11.4. The topological polar surface area (TPSA) is 96.2 Å². The third-order valence-electron chi connectivity index (χ3n) is 6.70. The first kappa shape index (κ1) is 26.2. The molecule has 29 heavy (non-hydrogen) atoms. The lowest BCUT2D eigenvalue weighted by molar-refractivity contribution is -0.0832. The fraction of sp³-hybridized carbons (Fsp3) is 0.957. The second kappa shape index (κ2) is 12.8. The van der Waals surface area contributed by atoms with Crippen LogP contribution in [0.3, 0.4) is 0 Å². The van der Waals surface area contributed by atoms with E-state index in [0.717, 1.165) is 25.7 Å². The molecule has 6 heteroatoms. The Bertz CT molecular complexity index is 466. The third kappa shape index (κ3) is 8.42. The summed E-state index contributed by atoms with van der Waals surface area (Å²) in [6.07, 6.45) is 3.62. The molecule has 2 saturated carbocycles. The van der Waals surface area contributed by atoms with Crippen LogP contribution < -0.4 is 0 Å². The molecule has 0 spiro atoms. The van der Waals surface area contributed by atoms with Crippen LogP contribution in [-0.4, -0.2) is 53.0 Å². The van der Waals surface area contributed by atoms with Crippen LogP contribution in [0.2, 0.25) is 0 Å². The standard InChI is InChI=1S/C13H24O4.C10H20O2/c1-9(2)11-5-4-10(3)8-12(11)17-13(15)16-7-6-14;1-6(2)8-5-4-7(3)9(11)10(8)12/h9-12,14H,4-8H2,1-3H3;6-12H,4-5H2,1-3H3. The van der Waals surface area contributed by atoms with Crippen molar-refractivity contribution in [1.29, 1.82) is 0 Å². The predicted octanol–water partition coefficient (Wildman–Crippen LogP) is 4.00. The van der Waals surface area contributed by atoms with Crippen LogP contribution in [0.1, 0.15) is 73.6 Å². The fourth-order valence-electron chi connectivity index (χ4n) is 4.65. The van der Waals surface area contributed by atoms with Crippen molar-refractivity contribution in [2.75, 3.05) is 13.2 Å². The summed E-state index contributed by atoms with van der Waals surface area (Å²) in [6, 6.07) is 0. The van der Waals surface area contributed by atoms with Crippen LogP contribution in [0.5, 0.6) is 0 Å². The van der Waals surface area contributed by atoms with Crippen LogP contribution in [0.4, 0.5) is 4.79 Å². The van der Waals surface area contributed by atoms with Crippen molar-refractivity contribution in [3.63, 3.8) is 0 Å². The maximum absolute atomic E-state index is 11.4. The van der Waals surface area contributed by atoms with E-state index in [2.05, 4.69) is 34.6 Å². The van der Waals surface area contributed by atoms with Gasteiger partial charge in [-0.2, -0.15) is 0 Å². The lowest BCUT2D eigenvalue weighted by atomic mass is 9.74. The summed E-state index contributed by atoms with van der Waals surface area (Å²) in [7, 11) is 0. The van der Waals surface area contributed by atoms with E-state index in [1.54, 1.807) is 0 Å². The molecule has 3 N–H and O–H groups in total. The van der Waals surface area contributed by atoms with Gasteiger partial charge in [-0.05, 0) is 61.2 Å². The van der Waals surface area contributed by atoms with Gasteiger partial charge >= 0.3 is 6.16 Å². The average molecular weight is 417 g/mol. The van der Waals surface area contributed by atoms with Crippen molar-refractivity contribution >= 4 is 6.16 Å². The maximum atomic E-state index is 11.4. The van der Waals surface area contributed by atoms with Crippen molar-refractivity contribution in [1.82, 2.24) is 0 Å². The highest BCUT2D eigenvalue weighted by Crippen LogP contribution is 2.35. The van der Waals surface area contributed by atoms with Gasteiger partial charge in [0.05, 0.1) is 18.8 Å². The van der Waals surface area contributed by atoms with E-state index >= 15 is 0 Å². The Balaban J connectivity index is 0.000000308. The highest BCUT2D eigenvalue weighted by atomic mass is 16.7. The Morgan fingerprint density at radius 3 is 2.07 bits per heavy atom. The molecule has 2 aliphatic carbocycles. The number of aliphatic hydroxyl groups excluding tert-OH is 3. The lowest BCUT2D eigenvalue weighted by Gasteiger charge is -2.38. The molecule has 0 bridgehead atoms. The zero-order valence-corrected chi connectivity index (χ0v) is 19.2. The molecule has 2 fully saturated rings.